The van der Waals surface area contributed by atoms with Crippen LogP contribution in [0.2, 0.25) is 0 Å². The molecule has 0 saturated carbocycles. The predicted molar refractivity (Wildman–Crippen MR) is 24.7 cm³/mol. The van der Waals surface area contributed by atoms with Gasteiger partial charge in [-0.15, -0.1) is 0 Å². The van der Waals surface area contributed by atoms with E-state index < -0.39 is 0 Å². The Morgan fingerprint density at radius 2 is 2.43 bits per heavy atom. The molecular weight excluding hydrogens is 90.1 g/mol. The van der Waals surface area contributed by atoms with E-state index in [1.807, 2.05) is 6.08 Å². The van der Waals surface area contributed by atoms with Gasteiger partial charge < -0.3 is 0 Å². The zero-order chi connectivity index (χ0) is 4.69. The molecule has 3 heteroatoms. The highest BCUT2D eigenvalue weighted by molar-refractivity contribution is 5.19. The molecule has 0 radical (unpaired) electrons. The van der Waals surface area contributed by atoms with E-state index in [-0.39, 0.29) is 0 Å². The van der Waals surface area contributed by atoms with Crippen LogP contribution in [0.3, 0.4) is 0 Å². The first kappa shape index (κ1) is 3.18. The number of hydrogen-bond acceptors (Lipinski definition) is 3. The van der Waals surface area contributed by atoms with Crippen LogP contribution in [0, 0.1) is 0 Å². The van der Waals surface area contributed by atoms with Gasteiger partial charge in [0.1, 0.15) is 6.04 Å². The molecule has 3 nitrogen and oxygen atoms in total. The molecule has 7 heavy (non-hydrogen) atoms. The van der Waals surface area contributed by atoms with Gasteiger partial charge in [0.05, 0.1) is 6.04 Å². The normalized spacial score (nSPS) is 42.3. The predicted octanol–water partition coefficient (Wildman–Crippen LogP) is 0.264. The molecule has 0 saturated heterocycles. The summed E-state index contributed by atoms with van der Waals surface area (Å²) in [6.45, 7) is 0. The van der Waals surface area contributed by atoms with Crippen molar-refractivity contribution in [3.05, 3.63) is 12.2 Å². The first-order valence-corrected chi connectivity index (χ1v) is 2.30. The molecule has 0 aromatic heterocycles. The van der Waals surface area contributed by atoms with Gasteiger partial charge in [-0.3, -0.25) is 5.43 Å². The second-order valence-corrected chi connectivity index (χ2v) is 1.75. The van der Waals surface area contributed by atoms with E-state index in [1.54, 1.807) is 0 Å². The number of hydrogen-bond donors (Lipinski definition) is 1. The molecule has 2 unspecified atom stereocenters. The Morgan fingerprint density at radius 1 is 1.43 bits per heavy atom. The lowest BCUT2D eigenvalue weighted by molar-refractivity contribution is 0.619. The highest BCUT2D eigenvalue weighted by Gasteiger charge is 2.26. The van der Waals surface area contributed by atoms with E-state index in [0.29, 0.717) is 12.1 Å². The molecule has 2 aliphatic rings. The summed E-state index contributed by atoms with van der Waals surface area (Å²) in [4.78, 5) is 0. The van der Waals surface area contributed by atoms with E-state index in [0.717, 1.165) is 0 Å². The standard InChI is InChI=1S/C4H5N3/c1-2-4-3(1)5-7-6-4/h1-4H,(H,5,6). The fourth-order valence-corrected chi connectivity index (χ4v) is 0.718. The van der Waals surface area contributed by atoms with Crippen LogP contribution in [0.1, 0.15) is 0 Å². The minimum absolute atomic E-state index is 0.361. The Kier molecular flexibility index (Phi) is 0.389. The van der Waals surface area contributed by atoms with Crippen LogP contribution in [-0.4, -0.2) is 12.1 Å². The van der Waals surface area contributed by atoms with E-state index in [4.69, 9.17) is 0 Å². The van der Waals surface area contributed by atoms with Gasteiger partial charge in [0.25, 0.3) is 0 Å². The maximum absolute atomic E-state index is 3.83. The summed E-state index contributed by atoms with van der Waals surface area (Å²) in [5, 5.41) is 7.45. The van der Waals surface area contributed by atoms with Crippen molar-refractivity contribution >= 4 is 0 Å². The van der Waals surface area contributed by atoms with E-state index in [2.05, 4.69) is 21.8 Å². The van der Waals surface area contributed by atoms with E-state index in [1.165, 1.54) is 0 Å². The zero-order valence-corrected chi connectivity index (χ0v) is 3.70. The Bertz CT molecular complexity index is 138. The molecule has 0 spiro atoms. The van der Waals surface area contributed by atoms with Gasteiger partial charge >= 0.3 is 0 Å². The minimum Gasteiger partial charge on any atom is -0.282 e. The third-order valence-corrected chi connectivity index (χ3v) is 1.28. The molecule has 1 N–H and O–H groups in total. The molecule has 1 aliphatic heterocycles. The van der Waals surface area contributed by atoms with Gasteiger partial charge in [0, 0.05) is 0 Å². The van der Waals surface area contributed by atoms with Gasteiger partial charge in [-0.25, -0.2) is 0 Å². The third-order valence-electron chi connectivity index (χ3n) is 1.28. The summed E-state index contributed by atoms with van der Waals surface area (Å²) >= 11 is 0. The molecule has 2 rings (SSSR count). The van der Waals surface area contributed by atoms with Crippen LogP contribution in [0.5, 0.6) is 0 Å². The summed E-state index contributed by atoms with van der Waals surface area (Å²) in [7, 11) is 0. The maximum Gasteiger partial charge on any atom is 0.116 e. The second kappa shape index (κ2) is 0.857. The van der Waals surface area contributed by atoms with E-state index in [9.17, 15) is 0 Å². The van der Waals surface area contributed by atoms with Crippen LogP contribution in [0.25, 0.3) is 0 Å². The minimum atomic E-state index is 0.361. The van der Waals surface area contributed by atoms with Crippen LogP contribution in [0.4, 0.5) is 0 Å². The highest BCUT2D eigenvalue weighted by Crippen LogP contribution is 2.17. The average molecular weight is 95.1 g/mol. The number of nitrogens with zero attached hydrogens (tertiary/aromatic N) is 2. The van der Waals surface area contributed by atoms with Gasteiger partial charge in [0.2, 0.25) is 0 Å². The van der Waals surface area contributed by atoms with Crippen molar-refractivity contribution in [1.82, 2.24) is 5.43 Å². The Balaban J connectivity index is 2.29. The van der Waals surface area contributed by atoms with Crippen LogP contribution >= 0.6 is 0 Å². The Labute approximate surface area is 41.1 Å². The lowest BCUT2D eigenvalue weighted by atomic mass is 10.00. The third kappa shape index (κ3) is 0.253. The summed E-state index contributed by atoms with van der Waals surface area (Å²) in [5.74, 6) is 0. The number of nitrogens with one attached hydrogen (secondary N) is 1. The van der Waals surface area contributed by atoms with Crippen LogP contribution < -0.4 is 5.43 Å². The van der Waals surface area contributed by atoms with E-state index >= 15 is 0 Å². The van der Waals surface area contributed by atoms with Crippen molar-refractivity contribution in [3.8, 4) is 0 Å². The summed E-state index contributed by atoms with van der Waals surface area (Å²) in [5.41, 5.74) is 2.83. The molecule has 0 amide bonds. The van der Waals surface area contributed by atoms with Crippen molar-refractivity contribution in [3.63, 3.8) is 0 Å². The van der Waals surface area contributed by atoms with Crippen molar-refractivity contribution in [1.29, 1.82) is 0 Å². The molecule has 1 heterocycles. The topological polar surface area (TPSA) is 36.8 Å². The maximum atomic E-state index is 3.83. The molecule has 1 aliphatic carbocycles. The lowest BCUT2D eigenvalue weighted by Gasteiger charge is -2.15. The fraction of sp³-hybridized carbons (Fsp3) is 0.500. The monoisotopic (exact) mass is 95.0 g/mol. The molecule has 0 fully saturated rings. The molecule has 2 atom stereocenters. The van der Waals surface area contributed by atoms with Crippen LogP contribution in [0.15, 0.2) is 22.5 Å². The summed E-state index contributed by atoms with van der Waals surface area (Å²) < 4.78 is 0. The largest absolute Gasteiger partial charge is 0.282 e. The van der Waals surface area contributed by atoms with Crippen molar-refractivity contribution in [2.75, 3.05) is 0 Å². The summed E-state index contributed by atoms with van der Waals surface area (Å²) in [6, 6.07) is 0.792. The molecule has 0 bridgehead atoms. The fourth-order valence-electron chi connectivity index (χ4n) is 0.718. The van der Waals surface area contributed by atoms with Gasteiger partial charge in [-0.05, 0) is 0 Å². The highest BCUT2D eigenvalue weighted by atomic mass is 15.5. The first-order chi connectivity index (χ1) is 3.47. The second-order valence-electron chi connectivity index (χ2n) is 1.75. The SMILES string of the molecule is C1=CC2NN=NC12. The summed E-state index contributed by atoms with van der Waals surface area (Å²) in [6.07, 6.45) is 4.10. The zero-order valence-electron chi connectivity index (χ0n) is 3.70. The molecule has 0 aromatic carbocycles. The van der Waals surface area contributed by atoms with Gasteiger partial charge in [-0.2, -0.15) is 5.11 Å². The van der Waals surface area contributed by atoms with Crippen molar-refractivity contribution in [2.45, 2.75) is 12.1 Å². The number of rotatable bonds is 0. The quantitative estimate of drug-likeness (QED) is 0.430. The van der Waals surface area contributed by atoms with Crippen LogP contribution in [-0.2, 0) is 0 Å². The number of fused-ring (bicyclic) bond motifs is 1. The average Bonchev–Trinajstić information content (AvgIpc) is 1.85. The smallest absolute Gasteiger partial charge is 0.116 e. The van der Waals surface area contributed by atoms with Gasteiger partial charge in [-0.1, -0.05) is 17.4 Å². The Hall–Kier alpha value is -0.860. The lowest BCUT2D eigenvalue weighted by Crippen LogP contribution is -2.33. The molecule has 0 aromatic rings. The van der Waals surface area contributed by atoms with Crippen molar-refractivity contribution < 1.29 is 0 Å². The van der Waals surface area contributed by atoms with Crippen molar-refractivity contribution in [2.24, 2.45) is 10.3 Å². The van der Waals surface area contributed by atoms with Gasteiger partial charge in [0.15, 0.2) is 0 Å². The first-order valence-electron chi connectivity index (χ1n) is 2.30. The molecule has 36 valence electrons. The molecular formula is C4H5N3. The Morgan fingerprint density at radius 3 is 2.71 bits per heavy atom.